The molecule has 2 rings (SSSR count). The van der Waals surface area contributed by atoms with Crippen LogP contribution in [0.4, 0.5) is 5.13 Å². The van der Waals surface area contributed by atoms with Crippen LogP contribution in [0.2, 0.25) is 0 Å². The van der Waals surface area contributed by atoms with Crippen LogP contribution in [0.1, 0.15) is 25.5 Å². The maximum atomic E-state index is 12.0. The zero-order valence-electron chi connectivity index (χ0n) is 10.1. The molecule has 1 heterocycles. The predicted molar refractivity (Wildman–Crippen MR) is 73.5 cm³/mol. The summed E-state index contributed by atoms with van der Waals surface area (Å²) in [5.41, 5.74) is 0.894. The van der Waals surface area contributed by atoms with Gasteiger partial charge in [-0.3, -0.25) is 4.72 Å². The minimum atomic E-state index is -3.53. The number of thiazole rings is 1. The number of aromatic nitrogens is 1. The van der Waals surface area contributed by atoms with E-state index in [1.165, 1.54) is 11.3 Å². The van der Waals surface area contributed by atoms with Crippen LogP contribution in [-0.4, -0.2) is 13.4 Å². The fourth-order valence-electron chi connectivity index (χ4n) is 1.37. The number of benzene rings is 1. The van der Waals surface area contributed by atoms with Gasteiger partial charge in [0.05, 0.1) is 10.6 Å². The molecular formula is C12H14N2O2S2. The summed E-state index contributed by atoms with van der Waals surface area (Å²) in [5, 5.41) is 2.27. The van der Waals surface area contributed by atoms with Gasteiger partial charge in [-0.1, -0.05) is 32.0 Å². The Morgan fingerprint density at radius 2 is 1.89 bits per heavy atom. The molecule has 0 saturated heterocycles. The van der Waals surface area contributed by atoms with E-state index in [-0.39, 0.29) is 10.8 Å². The van der Waals surface area contributed by atoms with Gasteiger partial charge in [-0.25, -0.2) is 13.4 Å². The molecule has 18 heavy (non-hydrogen) atoms. The van der Waals surface area contributed by atoms with E-state index < -0.39 is 10.0 Å². The lowest BCUT2D eigenvalue weighted by Gasteiger charge is -2.04. The number of hydrogen-bond donors (Lipinski definition) is 1. The second kappa shape index (κ2) is 5.07. The van der Waals surface area contributed by atoms with Crippen LogP contribution in [-0.2, 0) is 10.0 Å². The fourth-order valence-corrected chi connectivity index (χ4v) is 3.52. The van der Waals surface area contributed by atoms with Crippen LogP contribution in [0.15, 0.2) is 40.6 Å². The lowest BCUT2D eigenvalue weighted by Crippen LogP contribution is -2.12. The zero-order chi connectivity index (χ0) is 13.2. The van der Waals surface area contributed by atoms with Crippen molar-refractivity contribution >= 4 is 26.5 Å². The Kier molecular flexibility index (Phi) is 3.68. The molecule has 0 spiro atoms. The van der Waals surface area contributed by atoms with Crippen molar-refractivity contribution < 1.29 is 8.42 Å². The van der Waals surface area contributed by atoms with Crippen LogP contribution < -0.4 is 4.72 Å². The van der Waals surface area contributed by atoms with Gasteiger partial charge in [-0.05, 0) is 18.1 Å². The van der Waals surface area contributed by atoms with Crippen LogP contribution in [0.3, 0.4) is 0 Å². The summed E-state index contributed by atoms with van der Waals surface area (Å²) in [6, 6.07) is 8.27. The second-order valence-corrected chi connectivity index (χ2v) is 6.69. The molecule has 4 nitrogen and oxygen atoms in total. The van der Waals surface area contributed by atoms with Crippen LogP contribution in [0.5, 0.6) is 0 Å². The third kappa shape index (κ3) is 2.88. The second-order valence-electron chi connectivity index (χ2n) is 4.15. The van der Waals surface area contributed by atoms with Crippen LogP contribution in [0, 0.1) is 0 Å². The van der Waals surface area contributed by atoms with Gasteiger partial charge < -0.3 is 0 Å². The molecule has 96 valence electrons. The minimum absolute atomic E-state index is 0.242. The van der Waals surface area contributed by atoms with Crippen molar-refractivity contribution in [3.63, 3.8) is 0 Å². The van der Waals surface area contributed by atoms with Crippen molar-refractivity contribution in [1.82, 2.24) is 4.98 Å². The largest absolute Gasteiger partial charge is 0.263 e. The molecule has 6 heteroatoms. The molecule has 0 unspecified atom stereocenters. The van der Waals surface area contributed by atoms with Crippen molar-refractivity contribution in [2.45, 2.75) is 24.7 Å². The SMILES string of the molecule is CC(C)c1csc(NS(=O)(=O)c2ccccc2)n1. The van der Waals surface area contributed by atoms with Crippen molar-refractivity contribution in [2.24, 2.45) is 0 Å². The van der Waals surface area contributed by atoms with Gasteiger partial charge in [-0.15, -0.1) is 11.3 Å². The standard InChI is InChI=1S/C12H14N2O2S2/c1-9(2)11-8-17-12(13-11)14-18(15,16)10-6-4-3-5-7-10/h3-9H,1-2H3,(H,13,14). The molecule has 0 aliphatic heterocycles. The number of nitrogens with one attached hydrogen (secondary N) is 1. The molecule has 0 fully saturated rings. The quantitative estimate of drug-likeness (QED) is 0.937. The molecule has 2 aromatic rings. The van der Waals surface area contributed by atoms with E-state index in [1.54, 1.807) is 30.3 Å². The van der Waals surface area contributed by atoms with Crippen molar-refractivity contribution in [2.75, 3.05) is 4.72 Å². The highest BCUT2D eigenvalue weighted by Gasteiger charge is 2.15. The summed E-state index contributed by atoms with van der Waals surface area (Å²) in [6.45, 7) is 4.04. The number of nitrogens with zero attached hydrogens (tertiary/aromatic N) is 1. The Labute approximate surface area is 111 Å². The van der Waals surface area contributed by atoms with E-state index in [2.05, 4.69) is 9.71 Å². The van der Waals surface area contributed by atoms with E-state index in [1.807, 2.05) is 19.2 Å². The van der Waals surface area contributed by atoms with E-state index >= 15 is 0 Å². The first-order valence-corrected chi connectivity index (χ1v) is 7.88. The third-order valence-electron chi connectivity index (χ3n) is 2.39. The van der Waals surface area contributed by atoms with Gasteiger partial charge in [0.2, 0.25) is 0 Å². The molecule has 1 aromatic carbocycles. The van der Waals surface area contributed by atoms with Gasteiger partial charge >= 0.3 is 0 Å². The smallest absolute Gasteiger partial charge is 0.255 e. The van der Waals surface area contributed by atoms with Crippen LogP contribution >= 0.6 is 11.3 Å². The molecular weight excluding hydrogens is 268 g/mol. The molecule has 0 radical (unpaired) electrons. The van der Waals surface area contributed by atoms with Gasteiger partial charge in [-0.2, -0.15) is 0 Å². The first kappa shape index (κ1) is 13.0. The molecule has 1 N–H and O–H groups in total. The van der Waals surface area contributed by atoms with E-state index in [4.69, 9.17) is 0 Å². The fraction of sp³-hybridized carbons (Fsp3) is 0.250. The summed E-state index contributed by atoms with van der Waals surface area (Å²) in [7, 11) is -3.53. The molecule has 1 aromatic heterocycles. The van der Waals surface area contributed by atoms with Crippen molar-refractivity contribution in [1.29, 1.82) is 0 Å². The molecule has 0 atom stereocenters. The Bertz CT molecular complexity index is 619. The number of hydrogen-bond acceptors (Lipinski definition) is 4. The lowest BCUT2D eigenvalue weighted by molar-refractivity contribution is 0.601. The molecule has 0 bridgehead atoms. The average molecular weight is 282 g/mol. The zero-order valence-corrected chi connectivity index (χ0v) is 11.8. The highest BCUT2D eigenvalue weighted by atomic mass is 32.2. The summed E-state index contributed by atoms with van der Waals surface area (Å²) in [4.78, 5) is 4.49. The van der Waals surface area contributed by atoms with Gasteiger partial charge in [0.1, 0.15) is 0 Å². The highest BCUT2D eigenvalue weighted by molar-refractivity contribution is 7.93. The minimum Gasteiger partial charge on any atom is -0.255 e. The normalized spacial score (nSPS) is 11.7. The van der Waals surface area contributed by atoms with Crippen molar-refractivity contribution in [3.8, 4) is 0 Å². The Balaban J connectivity index is 2.23. The maximum absolute atomic E-state index is 12.0. The van der Waals surface area contributed by atoms with Gasteiger partial charge in [0.25, 0.3) is 10.0 Å². The summed E-state index contributed by atoms with van der Waals surface area (Å²) < 4.78 is 26.6. The predicted octanol–water partition coefficient (Wildman–Crippen LogP) is 3.07. The summed E-state index contributed by atoms with van der Waals surface area (Å²) in [5.74, 6) is 0.288. The lowest BCUT2D eigenvalue weighted by atomic mass is 10.2. The number of anilines is 1. The summed E-state index contributed by atoms with van der Waals surface area (Å²) in [6.07, 6.45) is 0. The maximum Gasteiger partial charge on any atom is 0.263 e. The molecule has 0 aliphatic carbocycles. The topological polar surface area (TPSA) is 59.1 Å². The van der Waals surface area contributed by atoms with E-state index in [9.17, 15) is 8.42 Å². The molecule has 0 saturated carbocycles. The highest BCUT2D eigenvalue weighted by Crippen LogP contribution is 2.23. The Hall–Kier alpha value is -1.40. The Morgan fingerprint density at radius 3 is 2.44 bits per heavy atom. The molecule has 0 aliphatic rings. The number of sulfonamides is 1. The van der Waals surface area contributed by atoms with Gasteiger partial charge in [0, 0.05) is 5.38 Å². The first-order valence-electron chi connectivity index (χ1n) is 5.52. The first-order chi connectivity index (χ1) is 8.49. The molecule has 0 amide bonds. The van der Waals surface area contributed by atoms with E-state index in [0.717, 1.165) is 5.69 Å². The third-order valence-corrected chi connectivity index (χ3v) is 4.65. The van der Waals surface area contributed by atoms with E-state index in [0.29, 0.717) is 5.13 Å². The Morgan fingerprint density at radius 1 is 1.22 bits per heavy atom. The average Bonchev–Trinajstić information content (AvgIpc) is 2.78. The van der Waals surface area contributed by atoms with Gasteiger partial charge in [0.15, 0.2) is 5.13 Å². The summed E-state index contributed by atoms with van der Waals surface area (Å²) >= 11 is 1.30. The van der Waals surface area contributed by atoms with Crippen molar-refractivity contribution in [3.05, 3.63) is 41.4 Å². The van der Waals surface area contributed by atoms with Crippen LogP contribution in [0.25, 0.3) is 0 Å². The number of rotatable bonds is 4. The monoisotopic (exact) mass is 282 g/mol.